The van der Waals surface area contributed by atoms with Crippen molar-refractivity contribution in [1.82, 2.24) is 9.80 Å². The lowest BCUT2D eigenvalue weighted by Crippen LogP contribution is -2.33. The summed E-state index contributed by atoms with van der Waals surface area (Å²) in [6, 6.07) is 32.5. The summed E-state index contributed by atoms with van der Waals surface area (Å²) in [7, 11) is 0. The van der Waals surface area contributed by atoms with E-state index in [2.05, 4.69) is 58.3 Å². The maximum absolute atomic E-state index is 13.4. The molecule has 0 aliphatic carbocycles. The van der Waals surface area contributed by atoms with E-state index >= 15 is 0 Å². The molecular formula is C52H60N4O6. The van der Waals surface area contributed by atoms with Crippen LogP contribution in [0.15, 0.2) is 109 Å². The molecule has 0 aromatic heterocycles. The number of likely N-dealkylation sites (tertiary alicyclic amines) is 2. The van der Waals surface area contributed by atoms with Crippen molar-refractivity contribution in [2.24, 2.45) is 11.8 Å². The van der Waals surface area contributed by atoms with Gasteiger partial charge in [-0.1, -0.05) is 84.9 Å². The molecule has 0 bridgehead atoms. The highest BCUT2D eigenvalue weighted by Crippen LogP contribution is 2.32. The fraction of sp³-hybridized carbons (Fsp3) is 0.423. The molecule has 10 heteroatoms. The third-order valence-corrected chi connectivity index (χ3v) is 13.2. The molecule has 0 unspecified atom stereocenters. The highest BCUT2D eigenvalue weighted by molar-refractivity contribution is 5.98. The first-order valence-electron chi connectivity index (χ1n) is 22.8. The monoisotopic (exact) mass is 836 g/mol. The van der Waals surface area contributed by atoms with Crippen LogP contribution in [0.2, 0.25) is 0 Å². The smallest absolute Gasteiger partial charge is 0.336 e. The number of carbonyl (C=O) groups is 4. The molecule has 0 amide bonds. The fourth-order valence-corrected chi connectivity index (χ4v) is 9.54. The van der Waals surface area contributed by atoms with Crippen molar-refractivity contribution in [3.05, 3.63) is 143 Å². The van der Waals surface area contributed by atoms with Crippen LogP contribution in [0.4, 0.5) is 11.4 Å². The average Bonchev–Trinajstić information content (AvgIpc) is 3.31. The van der Waals surface area contributed by atoms with Crippen molar-refractivity contribution in [3.63, 3.8) is 0 Å². The zero-order valence-electron chi connectivity index (χ0n) is 35.9. The number of ketones is 2. The Bertz CT molecular complexity index is 2040. The van der Waals surface area contributed by atoms with Crippen LogP contribution in [0, 0.1) is 11.8 Å². The Kier molecular flexibility index (Phi) is 14.6. The number of anilines is 2. The van der Waals surface area contributed by atoms with Crippen molar-refractivity contribution in [1.29, 1.82) is 0 Å². The standard InChI is InChI=1S/C52H60N4O6/c57-49(21-15-39-25-31-53(32-26-39)37-41-9-3-1-4-10-41)45-19-17-43-13-7-29-55(47(43)35-45)61-51(59)23-24-52(60)62-56-30-8-14-44-18-20-46(36-48(44)56)50(58)22-16-40-27-33-54(34-28-40)38-42-11-5-2-6-12-42/h1-6,9-12,17-20,23-24,35-36,39-40H,7-8,13-16,21-22,25-34,37-38H2/b24-23+. The lowest BCUT2D eigenvalue weighted by Gasteiger charge is -2.32. The third-order valence-electron chi connectivity index (χ3n) is 13.2. The van der Waals surface area contributed by atoms with Gasteiger partial charge in [-0.25, -0.2) is 19.7 Å². The van der Waals surface area contributed by atoms with E-state index < -0.39 is 11.9 Å². The third kappa shape index (κ3) is 11.7. The summed E-state index contributed by atoms with van der Waals surface area (Å²) in [4.78, 5) is 69.3. The number of hydroxylamine groups is 2. The minimum Gasteiger partial charge on any atom is -0.336 e. The van der Waals surface area contributed by atoms with Crippen LogP contribution in [0.5, 0.6) is 0 Å². The van der Waals surface area contributed by atoms with E-state index in [4.69, 9.17) is 9.68 Å². The molecule has 0 spiro atoms. The molecule has 324 valence electrons. The quantitative estimate of drug-likeness (QED) is 0.0803. The molecule has 4 heterocycles. The molecule has 0 radical (unpaired) electrons. The van der Waals surface area contributed by atoms with Crippen LogP contribution >= 0.6 is 0 Å². The minimum absolute atomic E-state index is 0.0979. The first kappa shape index (κ1) is 43.1. The van der Waals surface area contributed by atoms with Crippen molar-refractivity contribution < 1.29 is 28.9 Å². The van der Waals surface area contributed by atoms with Gasteiger partial charge in [-0.15, -0.1) is 0 Å². The Hall–Kier alpha value is -5.58. The van der Waals surface area contributed by atoms with Gasteiger partial charge >= 0.3 is 11.9 Å². The maximum Gasteiger partial charge on any atom is 0.356 e. The largest absolute Gasteiger partial charge is 0.356 e. The number of aryl methyl sites for hydroxylation is 2. The number of rotatable bonds is 16. The van der Waals surface area contributed by atoms with Gasteiger partial charge in [0.05, 0.1) is 24.5 Å². The average molecular weight is 837 g/mol. The summed E-state index contributed by atoms with van der Waals surface area (Å²) in [6.45, 7) is 7.09. The number of hydrogen-bond acceptors (Lipinski definition) is 10. The van der Waals surface area contributed by atoms with Gasteiger partial charge in [0.15, 0.2) is 11.6 Å². The molecule has 4 aliphatic heterocycles. The minimum atomic E-state index is -0.709. The molecule has 4 aromatic carbocycles. The summed E-state index contributed by atoms with van der Waals surface area (Å²) in [5.41, 5.74) is 7.35. The van der Waals surface area contributed by atoms with Crippen molar-refractivity contribution >= 4 is 34.9 Å². The molecule has 62 heavy (non-hydrogen) atoms. The van der Waals surface area contributed by atoms with Crippen LogP contribution < -0.4 is 10.1 Å². The normalized spacial score (nSPS) is 17.7. The lowest BCUT2D eigenvalue weighted by atomic mass is 9.89. The second-order valence-electron chi connectivity index (χ2n) is 17.6. The lowest BCUT2D eigenvalue weighted by molar-refractivity contribution is -0.142. The Balaban J connectivity index is 0.789. The van der Waals surface area contributed by atoms with Crippen LogP contribution in [0.3, 0.4) is 0 Å². The van der Waals surface area contributed by atoms with Crippen LogP contribution in [0.1, 0.15) is 107 Å². The van der Waals surface area contributed by atoms with Crippen molar-refractivity contribution in [2.75, 3.05) is 49.4 Å². The van der Waals surface area contributed by atoms with Crippen molar-refractivity contribution in [2.45, 2.75) is 90.1 Å². The van der Waals surface area contributed by atoms with Crippen LogP contribution in [-0.2, 0) is 45.2 Å². The van der Waals surface area contributed by atoms with Crippen LogP contribution in [0.25, 0.3) is 0 Å². The molecule has 4 aromatic rings. The molecule has 0 atom stereocenters. The molecule has 8 rings (SSSR count). The summed E-state index contributed by atoms with van der Waals surface area (Å²) in [5, 5.41) is 3.06. The van der Waals surface area contributed by atoms with E-state index in [-0.39, 0.29) is 11.6 Å². The summed E-state index contributed by atoms with van der Waals surface area (Å²) < 4.78 is 0. The van der Waals surface area contributed by atoms with Crippen molar-refractivity contribution in [3.8, 4) is 0 Å². The van der Waals surface area contributed by atoms with E-state index in [9.17, 15) is 19.2 Å². The van der Waals surface area contributed by atoms with E-state index in [1.165, 1.54) is 21.3 Å². The molecule has 2 saturated heterocycles. The highest BCUT2D eigenvalue weighted by Gasteiger charge is 2.26. The number of Topliss-reactive ketones (excluding diaryl/α,β-unsaturated/α-hetero) is 2. The Morgan fingerprint density at radius 3 is 1.32 bits per heavy atom. The molecule has 10 nitrogen and oxygen atoms in total. The summed E-state index contributed by atoms with van der Waals surface area (Å²) in [5.74, 6) is -0.157. The predicted octanol–water partition coefficient (Wildman–Crippen LogP) is 9.11. The second kappa shape index (κ2) is 21.0. The fourth-order valence-electron chi connectivity index (χ4n) is 9.54. The van der Waals surface area contributed by atoms with E-state index in [0.29, 0.717) is 60.3 Å². The SMILES string of the molecule is O=C(/C=C/C(=O)ON1CCCc2ccc(C(=O)CCC3CCN(Cc4ccccc4)CC3)cc21)ON1CCCc2ccc(C(=O)CCC3CCN(Cc4ccccc4)CC3)cc21. The van der Waals surface area contributed by atoms with E-state index in [1.54, 1.807) is 0 Å². The van der Waals surface area contributed by atoms with Gasteiger partial charge in [-0.05, 0) is 137 Å². The van der Waals surface area contributed by atoms with Gasteiger partial charge in [0.25, 0.3) is 0 Å². The molecule has 2 fully saturated rings. The second-order valence-corrected chi connectivity index (χ2v) is 17.6. The van der Waals surface area contributed by atoms with E-state index in [1.807, 2.05) is 48.5 Å². The van der Waals surface area contributed by atoms with Gasteiger partial charge in [-0.2, -0.15) is 0 Å². The number of benzene rings is 4. The first-order valence-corrected chi connectivity index (χ1v) is 22.8. The number of nitrogens with zero attached hydrogens (tertiary/aromatic N) is 4. The summed E-state index contributed by atoms with van der Waals surface area (Å²) >= 11 is 0. The zero-order chi connectivity index (χ0) is 42.7. The molecule has 0 N–H and O–H groups in total. The number of piperidine rings is 2. The Labute approximate surface area is 366 Å². The summed E-state index contributed by atoms with van der Waals surface area (Å²) in [6.07, 6.45) is 12.5. The maximum atomic E-state index is 13.4. The topological polar surface area (TPSA) is 99.7 Å². The van der Waals surface area contributed by atoms with Gasteiger partial charge in [0.2, 0.25) is 0 Å². The molecule has 0 saturated carbocycles. The number of hydrogen-bond donors (Lipinski definition) is 0. The van der Waals surface area contributed by atoms with Crippen LogP contribution in [-0.4, -0.2) is 72.6 Å². The molecule has 4 aliphatic rings. The number of fused-ring (bicyclic) bond motifs is 2. The Morgan fingerprint density at radius 2 is 0.919 bits per heavy atom. The zero-order valence-corrected chi connectivity index (χ0v) is 35.9. The van der Waals surface area contributed by atoms with Gasteiger partial charge in [0, 0.05) is 49.2 Å². The molecular weight excluding hydrogens is 777 g/mol. The van der Waals surface area contributed by atoms with Gasteiger partial charge in [0.1, 0.15) is 0 Å². The van der Waals surface area contributed by atoms with E-state index in [0.717, 1.165) is 127 Å². The highest BCUT2D eigenvalue weighted by atomic mass is 16.7. The predicted molar refractivity (Wildman–Crippen MR) is 242 cm³/mol. The van der Waals surface area contributed by atoms with Gasteiger partial charge in [-0.3, -0.25) is 19.4 Å². The first-order chi connectivity index (χ1) is 30.3. The Morgan fingerprint density at radius 1 is 0.516 bits per heavy atom. The van der Waals surface area contributed by atoms with Gasteiger partial charge < -0.3 is 9.68 Å². The number of carbonyl (C=O) groups excluding carboxylic acids is 4.